The average molecular weight is 238 g/mol. The highest BCUT2D eigenvalue weighted by molar-refractivity contribution is 4.30. The Morgan fingerprint density at radius 3 is 0.786 bits per heavy atom. The van der Waals surface area contributed by atoms with Gasteiger partial charge in [0.05, 0.1) is 0 Å². The van der Waals surface area contributed by atoms with Gasteiger partial charge < -0.3 is 0 Å². The van der Waals surface area contributed by atoms with Crippen LogP contribution >= 0.6 is 0 Å². The standard InChI is InChI=1S/C2F6O.C2H3F3/c3-1(4,5)9-2(6,7)8;1-2(3,4)5/h;1H3. The zero-order valence-corrected chi connectivity index (χ0v) is 6.31. The van der Waals surface area contributed by atoms with Crippen molar-refractivity contribution in [2.75, 3.05) is 0 Å². The number of hydrogen-bond donors (Lipinski definition) is 0. The maximum atomic E-state index is 10.6. The van der Waals surface area contributed by atoms with Crippen molar-refractivity contribution in [3.8, 4) is 0 Å². The molecule has 0 rings (SSSR count). The van der Waals surface area contributed by atoms with Crippen molar-refractivity contribution in [3.05, 3.63) is 0 Å². The van der Waals surface area contributed by atoms with E-state index < -0.39 is 18.9 Å². The molecule has 0 atom stereocenters. The summed E-state index contributed by atoms with van der Waals surface area (Å²) in [5, 5.41) is 0. The lowest BCUT2D eigenvalue weighted by atomic mass is 10.8. The van der Waals surface area contributed by atoms with Crippen LogP contribution in [0, 0.1) is 0 Å². The molecule has 0 fully saturated rings. The average Bonchev–Trinajstić information content (AvgIpc) is 1.42. The Morgan fingerprint density at radius 1 is 0.643 bits per heavy atom. The van der Waals surface area contributed by atoms with Crippen LogP contribution in [0.15, 0.2) is 0 Å². The Hall–Kier alpha value is -0.670. The van der Waals surface area contributed by atoms with E-state index in [0.29, 0.717) is 0 Å². The first-order valence-electron chi connectivity index (χ1n) is 2.61. The molecule has 0 aliphatic heterocycles. The molecular formula is C4H3F9O. The zero-order valence-electron chi connectivity index (χ0n) is 6.31. The molecule has 0 aromatic heterocycles. The molecule has 0 amide bonds. The van der Waals surface area contributed by atoms with Crippen LogP contribution in [0.3, 0.4) is 0 Å². The van der Waals surface area contributed by atoms with Gasteiger partial charge in [0.1, 0.15) is 0 Å². The number of halogens is 9. The summed E-state index contributed by atoms with van der Waals surface area (Å²) in [6.07, 6.45) is -15.3. The van der Waals surface area contributed by atoms with Gasteiger partial charge in [-0.25, -0.2) is 0 Å². The zero-order chi connectivity index (χ0) is 12.2. The highest BCUT2D eigenvalue weighted by atomic mass is 19.4. The lowest BCUT2D eigenvalue weighted by Gasteiger charge is -2.08. The van der Waals surface area contributed by atoms with Crippen molar-refractivity contribution < 1.29 is 44.3 Å². The van der Waals surface area contributed by atoms with Crippen LogP contribution in [0.1, 0.15) is 6.92 Å². The van der Waals surface area contributed by atoms with E-state index in [9.17, 15) is 39.5 Å². The summed E-state index contributed by atoms with van der Waals surface area (Å²) in [7, 11) is 0. The Morgan fingerprint density at radius 2 is 0.786 bits per heavy atom. The van der Waals surface area contributed by atoms with Gasteiger partial charge in [0, 0.05) is 6.92 Å². The van der Waals surface area contributed by atoms with Crippen LogP contribution < -0.4 is 0 Å². The maximum absolute atomic E-state index is 10.6. The Kier molecular flexibility index (Phi) is 5.31. The predicted molar refractivity (Wildman–Crippen MR) is 24.9 cm³/mol. The summed E-state index contributed by atoms with van der Waals surface area (Å²) in [6, 6.07) is 0. The summed E-state index contributed by atoms with van der Waals surface area (Å²) in [5.74, 6) is 0. The molecule has 0 heterocycles. The number of rotatable bonds is 0. The van der Waals surface area contributed by atoms with Crippen molar-refractivity contribution in [3.63, 3.8) is 0 Å². The van der Waals surface area contributed by atoms with Gasteiger partial charge in [-0.1, -0.05) is 0 Å². The van der Waals surface area contributed by atoms with Gasteiger partial charge in [0.15, 0.2) is 0 Å². The second-order valence-corrected chi connectivity index (χ2v) is 1.77. The molecule has 0 saturated carbocycles. The summed E-state index contributed by atoms with van der Waals surface area (Å²) in [6.45, 7) is 0.188. The third kappa shape index (κ3) is 42.6. The van der Waals surface area contributed by atoms with Crippen LogP contribution in [0.2, 0.25) is 0 Å². The van der Waals surface area contributed by atoms with Crippen LogP contribution in [0.4, 0.5) is 39.5 Å². The quantitative estimate of drug-likeness (QED) is 0.585. The third-order valence-electron chi connectivity index (χ3n) is 0.231. The van der Waals surface area contributed by atoms with Crippen molar-refractivity contribution in [2.45, 2.75) is 25.8 Å². The van der Waals surface area contributed by atoms with Crippen molar-refractivity contribution >= 4 is 0 Å². The van der Waals surface area contributed by atoms with Gasteiger partial charge >= 0.3 is 18.9 Å². The van der Waals surface area contributed by atoms with Gasteiger partial charge in [0.25, 0.3) is 0 Å². The molecule has 0 saturated heterocycles. The molecule has 0 N–H and O–H groups in total. The van der Waals surface area contributed by atoms with E-state index in [0.717, 1.165) is 0 Å². The molecule has 0 aliphatic rings. The van der Waals surface area contributed by atoms with E-state index in [4.69, 9.17) is 0 Å². The van der Waals surface area contributed by atoms with Gasteiger partial charge in [-0.2, -0.15) is 17.9 Å². The van der Waals surface area contributed by atoms with Gasteiger partial charge in [-0.05, 0) is 0 Å². The van der Waals surface area contributed by atoms with E-state index in [1.807, 2.05) is 0 Å². The largest absolute Gasteiger partial charge is 0.529 e. The summed E-state index contributed by atoms with van der Waals surface area (Å²) in [4.78, 5) is 0. The van der Waals surface area contributed by atoms with Crippen LogP contribution in [-0.2, 0) is 4.74 Å². The minimum Gasteiger partial charge on any atom is -0.196 e. The second kappa shape index (κ2) is 4.71. The molecule has 0 aromatic rings. The van der Waals surface area contributed by atoms with Gasteiger partial charge in [0.2, 0.25) is 0 Å². The lowest BCUT2D eigenvalue weighted by Crippen LogP contribution is -2.25. The fourth-order valence-corrected chi connectivity index (χ4v) is 0.131. The van der Waals surface area contributed by atoms with Crippen LogP contribution in [0.5, 0.6) is 0 Å². The minimum atomic E-state index is -5.64. The molecule has 10 heteroatoms. The van der Waals surface area contributed by atoms with E-state index >= 15 is 0 Å². The summed E-state index contributed by atoms with van der Waals surface area (Å²) >= 11 is 0. The third-order valence-corrected chi connectivity index (χ3v) is 0.231. The molecule has 0 unspecified atom stereocenters. The summed E-state index contributed by atoms with van der Waals surface area (Å²) < 4.78 is 96.3. The van der Waals surface area contributed by atoms with Crippen LogP contribution in [0.25, 0.3) is 0 Å². The molecule has 0 aromatic carbocycles. The van der Waals surface area contributed by atoms with E-state index in [-0.39, 0.29) is 6.92 Å². The molecule has 0 radical (unpaired) electrons. The minimum absolute atomic E-state index is 0.188. The summed E-state index contributed by atoms with van der Waals surface area (Å²) in [5.41, 5.74) is 0. The second-order valence-electron chi connectivity index (χ2n) is 1.77. The topological polar surface area (TPSA) is 9.23 Å². The highest BCUT2D eigenvalue weighted by Crippen LogP contribution is 2.28. The van der Waals surface area contributed by atoms with E-state index in [2.05, 4.69) is 0 Å². The molecule has 0 bridgehead atoms. The van der Waals surface area contributed by atoms with Crippen molar-refractivity contribution in [1.82, 2.24) is 0 Å². The van der Waals surface area contributed by atoms with Gasteiger partial charge in [-0.15, -0.1) is 26.3 Å². The Balaban J connectivity index is 0. The first-order chi connectivity index (χ1) is 5.71. The fraction of sp³-hybridized carbons (Fsp3) is 1.00. The molecule has 0 aliphatic carbocycles. The Bertz CT molecular complexity index is 132. The number of hydrogen-bond acceptors (Lipinski definition) is 1. The smallest absolute Gasteiger partial charge is 0.196 e. The molecular weight excluding hydrogens is 235 g/mol. The lowest BCUT2D eigenvalue weighted by molar-refractivity contribution is -0.463. The fourth-order valence-electron chi connectivity index (χ4n) is 0.131. The molecule has 0 spiro atoms. The molecule has 88 valence electrons. The van der Waals surface area contributed by atoms with Gasteiger partial charge in [-0.3, -0.25) is 0 Å². The monoisotopic (exact) mass is 238 g/mol. The normalized spacial score (nSPS) is 13.3. The van der Waals surface area contributed by atoms with E-state index in [1.165, 1.54) is 0 Å². The van der Waals surface area contributed by atoms with E-state index in [1.54, 1.807) is 4.74 Å². The maximum Gasteiger partial charge on any atom is 0.529 e. The van der Waals surface area contributed by atoms with Crippen molar-refractivity contribution in [1.29, 1.82) is 0 Å². The first kappa shape index (κ1) is 15.8. The van der Waals surface area contributed by atoms with Crippen LogP contribution in [-0.4, -0.2) is 18.9 Å². The predicted octanol–water partition coefficient (Wildman–Crippen LogP) is 3.61. The van der Waals surface area contributed by atoms with Crippen molar-refractivity contribution in [2.24, 2.45) is 0 Å². The highest BCUT2D eigenvalue weighted by Gasteiger charge is 2.45. The number of alkyl halides is 9. The SMILES string of the molecule is CC(F)(F)F.FC(F)(F)OC(F)(F)F. The molecule has 14 heavy (non-hydrogen) atoms. The molecule has 1 nitrogen and oxygen atoms in total. The number of ether oxygens (including phenoxy) is 1. The Labute approximate surface area is 71.4 Å². The first-order valence-corrected chi connectivity index (χ1v) is 2.61.